The summed E-state index contributed by atoms with van der Waals surface area (Å²) in [5.41, 5.74) is 1.26. The molecular weight excluding hydrogens is 382 g/mol. The first-order valence-corrected chi connectivity index (χ1v) is 7.79. The van der Waals surface area contributed by atoms with E-state index in [9.17, 15) is 0 Å². The molecule has 2 nitrogen and oxygen atoms in total. The topological polar surface area (TPSA) is 15.3 Å². The van der Waals surface area contributed by atoms with E-state index in [1.54, 1.807) is 0 Å². The van der Waals surface area contributed by atoms with Gasteiger partial charge in [0.15, 0.2) is 0 Å². The fourth-order valence-electron chi connectivity index (χ4n) is 2.57. The minimum Gasteiger partial charge on any atom is -0.314 e. The molecule has 1 aromatic carbocycles. The van der Waals surface area contributed by atoms with E-state index in [0.29, 0.717) is 6.04 Å². The molecule has 1 aliphatic heterocycles. The molecule has 2 rings (SSSR count). The van der Waals surface area contributed by atoms with Crippen LogP contribution in [0.15, 0.2) is 22.7 Å². The van der Waals surface area contributed by atoms with E-state index in [1.807, 2.05) is 12.1 Å². The minimum absolute atomic E-state index is 0. The normalized spacial score (nSPS) is 16.9. The van der Waals surface area contributed by atoms with Gasteiger partial charge in [0.05, 0.1) is 0 Å². The van der Waals surface area contributed by atoms with Crippen LogP contribution in [0.5, 0.6) is 0 Å². The van der Waals surface area contributed by atoms with Crippen molar-refractivity contribution in [1.29, 1.82) is 0 Å². The number of rotatable bonds is 4. The molecule has 0 spiro atoms. The summed E-state index contributed by atoms with van der Waals surface area (Å²) in [5.74, 6) is 0. The van der Waals surface area contributed by atoms with E-state index in [1.165, 1.54) is 12.0 Å². The third kappa shape index (κ3) is 5.36. The van der Waals surface area contributed by atoms with Crippen molar-refractivity contribution in [2.75, 3.05) is 26.2 Å². The molecule has 1 saturated heterocycles. The van der Waals surface area contributed by atoms with Gasteiger partial charge >= 0.3 is 0 Å². The van der Waals surface area contributed by atoms with E-state index in [2.05, 4.69) is 39.1 Å². The van der Waals surface area contributed by atoms with Gasteiger partial charge in [-0.15, -0.1) is 24.8 Å². The third-order valence-electron chi connectivity index (χ3n) is 3.47. The number of nitrogens with one attached hydrogen (secondary N) is 1. The van der Waals surface area contributed by atoms with Crippen molar-refractivity contribution >= 4 is 52.3 Å². The van der Waals surface area contributed by atoms with E-state index in [4.69, 9.17) is 11.6 Å². The molecule has 1 aliphatic rings. The quantitative estimate of drug-likeness (QED) is 0.783. The minimum atomic E-state index is 0. The van der Waals surface area contributed by atoms with E-state index < -0.39 is 0 Å². The molecule has 1 N–H and O–H groups in total. The van der Waals surface area contributed by atoms with Gasteiger partial charge in [0.2, 0.25) is 0 Å². The van der Waals surface area contributed by atoms with Gasteiger partial charge in [0, 0.05) is 41.7 Å². The number of halogens is 4. The molecule has 1 heterocycles. The Balaban J connectivity index is 0.00000180. The Morgan fingerprint density at radius 2 is 1.95 bits per heavy atom. The SMILES string of the molecule is CCC[C@H](c1cc(Br)ccc1Cl)N1CCNCC1.Cl.Cl. The van der Waals surface area contributed by atoms with Crippen molar-refractivity contribution in [1.82, 2.24) is 10.2 Å². The number of nitrogens with zero attached hydrogens (tertiary/aromatic N) is 1. The first-order valence-electron chi connectivity index (χ1n) is 6.62. The molecule has 20 heavy (non-hydrogen) atoms. The number of hydrogen-bond donors (Lipinski definition) is 1. The molecule has 0 bridgehead atoms. The first kappa shape index (κ1) is 20.5. The van der Waals surface area contributed by atoms with E-state index in [-0.39, 0.29) is 24.8 Å². The van der Waals surface area contributed by atoms with Gasteiger partial charge in [0.25, 0.3) is 0 Å². The highest BCUT2D eigenvalue weighted by molar-refractivity contribution is 9.10. The van der Waals surface area contributed by atoms with Gasteiger partial charge in [-0.25, -0.2) is 0 Å². The van der Waals surface area contributed by atoms with Gasteiger partial charge in [-0.3, -0.25) is 4.90 Å². The molecule has 0 aromatic heterocycles. The highest BCUT2D eigenvalue weighted by atomic mass is 79.9. The Kier molecular flexibility index (Phi) is 10.5. The molecule has 0 aliphatic carbocycles. The van der Waals surface area contributed by atoms with Crippen LogP contribution in [-0.4, -0.2) is 31.1 Å². The maximum atomic E-state index is 6.38. The highest BCUT2D eigenvalue weighted by Gasteiger charge is 2.23. The van der Waals surface area contributed by atoms with Gasteiger partial charge in [-0.2, -0.15) is 0 Å². The molecule has 0 amide bonds. The lowest BCUT2D eigenvalue weighted by atomic mass is 10.00. The van der Waals surface area contributed by atoms with Gasteiger partial charge in [0.1, 0.15) is 0 Å². The number of benzene rings is 1. The average molecular weight is 405 g/mol. The summed E-state index contributed by atoms with van der Waals surface area (Å²) in [4.78, 5) is 2.55. The summed E-state index contributed by atoms with van der Waals surface area (Å²) in [6, 6.07) is 6.62. The zero-order valence-electron chi connectivity index (χ0n) is 11.6. The van der Waals surface area contributed by atoms with Crippen molar-refractivity contribution < 1.29 is 0 Å². The lowest BCUT2D eigenvalue weighted by Gasteiger charge is -2.35. The van der Waals surface area contributed by atoms with E-state index in [0.717, 1.165) is 42.1 Å². The average Bonchev–Trinajstić information content (AvgIpc) is 2.40. The Morgan fingerprint density at radius 3 is 2.55 bits per heavy atom. The van der Waals surface area contributed by atoms with Crippen molar-refractivity contribution in [3.8, 4) is 0 Å². The van der Waals surface area contributed by atoms with Crippen molar-refractivity contribution in [2.24, 2.45) is 0 Å². The fourth-order valence-corrected chi connectivity index (χ4v) is 3.19. The van der Waals surface area contributed by atoms with Crippen LogP contribution >= 0.6 is 52.3 Å². The summed E-state index contributed by atoms with van der Waals surface area (Å²) in [6.07, 6.45) is 2.34. The monoisotopic (exact) mass is 402 g/mol. The van der Waals surface area contributed by atoms with Crippen LogP contribution in [-0.2, 0) is 0 Å². The summed E-state index contributed by atoms with van der Waals surface area (Å²) < 4.78 is 1.11. The van der Waals surface area contributed by atoms with Crippen LogP contribution in [0, 0.1) is 0 Å². The molecule has 6 heteroatoms. The second kappa shape index (κ2) is 10.3. The molecule has 0 unspecified atom stereocenters. The Labute approximate surface area is 147 Å². The Bertz CT molecular complexity index is 398. The van der Waals surface area contributed by atoms with Gasteiger partial charge in [-0.05, 0) is 30.2 Å². The fraction of sp³-hybridized carbons (Fsp3) is 0.571. The van der Waals surface area contributed by atoms with Crippen molar-refractivity contribution in [3.63, 3.8) is 0 Å². The zero-order chi connectivity index (χ0) is 13.0. The second-order valence-corrected chi connectivity index (χ2v) is 6.08. The molecule has 116 valence electrons. The van der Waals surface area contributed by atoms with E-state index >= 15 is 0 Å². The summed E-state index contributed by atoms with van der Waals surface area (Å²) in [5, 5.41) is 4.29. The summed E-state index contributed by atoms with van der Waals surface area (Å²) >= 11 is 9.93. The van der Waals surface area contributed by atoms with Crippen LogP contribution in [0.1, 0.15) is 31.4 Å². The van der Waals surface area contributed by atoms with Gasteiger partial charge < -0.3 is 5.32 Å². The molecular formula is C14H22BrCl3N2. The van der Waals surface area contributed by atoms with Crippen LogP contribution in [0.3, 0.4) is 0 Å². The third-order valence-corrected chi connectivity index (χ3v) is 4.31. The van der Waals surface area contributed by atoms with Crippen molar-refractivity contribution in [2.45, 2.75) is 25.8 Å². The molecule has 1 aromatic rings. The lowest BCUT2D eigenvalue weighted by molar-refractivity contribution is 0.164. The predicted molar refractivity (Wildman–Crippen MR) is 95.7 cm³/mol. The molecule has 1 fully saturated rings. The predicted octanol–water partition coefficient (Wildman–Crippen LogP) is 4.69. The summed E-state index contributed by atoms with van der Waals surface area (Å²) in [6.45, 7) is 6.60. The van der Waals surface area contributed by atoms with Crippen molar-refractivity contribution in [3.05, 3.63) is 33.3 Å². The smallest absolute Gasteiger partial charge is 0.0454 e. The summed E-state index contributed by atoms with van der Waals surface area (Å²) in [7, 11) is 0. The lowest BCUT2D eigenvalue weighted by Crippen LogP contribution is -2.45. The van der Waals surface area contributed by atoms with Gasteiger partial charge in [-0.1, -0.05) is 40.9 Å². The first-order chi connectivity index (χ1) is 8.72. The van der Waals surface area contributed by atoms with Crippen LogP contribution in [0.25, 0.3) is 0 Å². The van der Waals surface area contributed by atoms with Crippen LogP contribution in [0.4, 0.5) is 0 Å². The second-order valence-electron chi connectivity index (χ2n) is 4.76. The maximum absolute atomic E-state index is 6.38. The highest BCUT2D eigenvalue weighted by Crippen LogP contribution is 2.33. The molecule has 0 saturated carbocycles. The largest absolute Gasteiger partial charge is 0.314 e. The van der Waals surface area contributed by atoms with Crippen LogP contribution in [0.2, 0.25) is 5.02 Å². The molecule has 0 radical (unpaired) electrons. The maximum Gasteiger partial charge on any atom is 0.0454 e. The standard InChI is InChI=1S/C14H20BrClN2.2ClH/c1-2-3-14(18-8-6-17-7-9-18)12-10-11(15)4-5-13(12)16;;/h4-5,10,14,17H,2-3,6-9H2,1H3;2*1H/t14-;;/m1../s1. The Morgan fingerprint density at radius 1 is 1.30 bits per heavy atom. The number of piperazine rings is 1. The van der Waals surface area contributed by atoms with Crippen LogP contribution < -0.4 is 5.32 Å². The Hall–Kier alpha value is 0.490. The molecule has 1 atom stereocenters. The zero-order valence-corrected chi connectivity index (χ0v) is 15.5. The number of hydrogen-bond acceptors (Lipinski definition) is 2.